The Hall–Kier alpha value is -1.10. The summed E-state index contributed by atoms with van der Waals surface area (Å²) in [5, 5.41) is 0. The maximum absolute atomic E-state index is 12.1. The van der Waals surface area contributed by atoms with E-state index >= 15 is 0 Å². The summed E-state index contributed by atoms with van der Waals surface area (Å²) >= 11 is 0. The van der Waals surface area contributed by atoms with Crippen molar-refractivity contribution in [3.05, 3.63) is 0 Å². The van der Waals surface area contributed by atoms with Crippen molar-refractivity contribution < 1.29 is 19.1 Å². The largest absolute Gasteiger partial charge is 0.466 e. The summed E-state index contributed by atoms with van der Waals surface area (Å²) in [4.78, 5) is 25.6. The predicted octanol–water partition coefficient (Wildman–Crippen LogP) is 5.11. The smallest absolute Gasteiger partial charge is 0.306 e. The standard InChI is InChI=1S/C22H43NO4/c1-5-7-8-9-11-15-20(27-22(25)18-14-19-23(3)4)16-12-10-13-17-21(24)26-6-2/h20H,5-19H2,1-4H3. The van der Waals surface area contributed by atoms with Gasteiger partial charge in [0.15, 0.2) is 0 Å². The highest BCUT2D eigenvalue weighted by atomic mass is 16.5. The van der Waals surface area contributed by atoms with Crippen molar-refractivity contribution in [1.29, 1.82) is 0 Å². The van der Waals surface area contributed by atoms with Crippen molar-refractivity contribution >= 4 is 11.9 Å². The lowest BCUT2D eigenvalue weighted by Gasteiger charge is -2.18. The van der Waals surface area contributed by atoms with Crippen LogP contribution >= 0.6 is 0 Å². The van der Waals surface area contributed by atoms with E-state index in [4.69, 9.17) is 9.47 Å². The van der Waals surface area contributed by atoms with E-state index in [1.165, 1.54) is 25.7 Å². The van der Waals surface area contributed by atoms with Gasteiger partial charge in [0.1, 0.15) is 6.10 Å². The molecule has 0 aromatic carbocycles. The molecule has 1 atom stereocenters. The van der Waals surface area contributed by atoms with Gasteiger partial charge in [0, 0.05) is 12.8 Å². The SMILES string of the molecule is CCCCCCCC(CCCCCC(=O)OCC)OC(=O)CCCN(C)C. The third-order valence-electron chi connectivity index (χ3n) is 4.63. The van der Waals surface area contributed by atoms with Gasteiger partial charge in [0.2, 0.25) is 0 Å². The van der Waals surface area contributed by atoms with Gasteiger partial charge in [0.05, 0.1) is 6.61 Å². The Kier molecular flexibility index (Phi) is 17.5. The fraction of sp³-hybridized carbons (Fsp3) is 0.909. The third-order valence-corrected chi connectivity index (χ3v) is 4.63. The zero-order chi connectivity index (χ0) is 20.3. The lowest BCUT2D eigenvalue weighted by molar-refractivity contribution is -0.150. The van der Waals surface area contributed by atoms with E-state index in [0.717, 1.165) is 51.5 Å². The van der Waals surface area contributed by atoms with Crippen molar-refractivity contribution in [2.24, 2.45) is 0 Å². The number of unbranched alkanes of at least 4 members (excludes halogenated alkanes) is 6. The molecule has 0 aliphatic carbocycles. The van der Waals surface area contributed by atoms with E-state index < -0.39 is 0 Å². The fourth-order valence-corrected chi connectivity index (χ4v) is 3.07. The number of ether oxygens (including phenoxy) is 2. The maximum Gasteiger partial charge on any atom is 0.306 e. The van der Waals surface area contributed by atoms with Crippen LogP contribution in [0.3, 0.4) is 0 Å². The van der Waals surface area contributed by atoms with Gasteiger partial charge in [-0.05, 0) is 66.1 Å². The van der Waals surface area contributed by atoms with E-state index in [1.54, 1.807) is 0 Å². The number of hydrogen-bond acceptors (Lipinski definition) is 5. The van der Waals surface area contributed by atoms with Crippen LogP contribution in [-0.4, -0.2) is 50.2 Å². The molecule has 0 amide bonds. The zero-order valence-corrected chi connectivity index (χ0v) is 18.3. The molecule has 0 saturated carbocycles. The molecule has 27 heavy (non-hydrogen) atoms. The molecule has 0 spiro atoms. The fourth-order valence-electron chi connectivity index (χ4n) is 3.07. The molecule has 5 heteroatoms. The van der Waals surface area contributed by atoms with Crippen molar-refractivity contribution in [3.8, 4) is 0 Å². The highest BCUT2D eigenvalue weighted by molar-refractivity contribution is 5.69. The average Bonchev–Trinajstić information content (AvgIpc) is 2.60. The second kappa shape index (κ2) is 18.3. The molecular weight excluding hydrogens is 342 g/mol. The van der Waals surface area contributed by atoms with Crippen LogP contribution in [0.15, 0.2) is 0 Å². The summed E-state index contributed by atoms with van der Waals surface area (Å²) in [6, 6.07) is 0. The first kappa shape index (κ1) is 25.9. The van der Waals surface area contributed by atoms with Crippen molar-refractivity contribution in [1.82, 2.24) is 4.90 Å². The lowest BCUT2D eigenvalue weighted by Crippen LogP contribution is -2.20. The molecule has 0 radical (unpaired) electrons. The molecule has 0 aromatic rings. The van der Waals surface area contributed by atoms with E-state index in [-0.39, 0.29) is 18.0 Å². The minimum atomic E-state index is -0.114. The summed E-state index contributed by atoms with van der Waals surface area (Å²) in [5.74, 6) is -0.181. The Morgan fingerprint density at radius 3 is 1.96 bits per heavy atom. The Labute approximate surface area is 167 Å². The molecule has 0 bridgehead atoms. The van der Waals surface area contributed by atoms with Gasteiger partial charge in [-0.3, -0.25) is 9.59 Å². The minimum absolute atomic E-state index is 0.0288. The highest BCUT2D eigenvalue weighted by Gasteiger charge is 2.14. The Morgan fingerprint density at radius 1 is 0.778 bits per heavy atom. The normalized spacial score (nSPS) is 12.2. The Balaban J connectivity index is 4.11. The number of esters is 2. The molecule has 160 valence electrons. The van der Waals surface area contributed by atoms with Crippen molar-refractivity contribution in [3.63, 3.8) is 0 Å². The van der Waals surface area contributed by atoms with Crippen LogP contribution in [0, 0.1) is 0 Å². The molecule has 0 fully saturated rings. The highest BCUT2D eigenvalue weighted by Crippen LogP contribution is 2.17. The van der Waals surface area contributed by atoms with Gasteiger partial charge >= 0.3 is 11.9 Å². The molecule has 0 aliphatic heterocycles. The van der Waals surface area contributed by atoms with Gasteiger partial charge in [-0.1, -0.05) is 39.0 Å². The summed E-state index contributed by atoms with van der Waals surface area (Å²) in [5.41, 5.74) is 0. The van der Waals surface area contributed by atoms with Gasteiger partial charge in [-0.25, -0.2) is 0 Å². The first-order valence-electron chi connectivity index (χ1n) is 11.0. The lowest BCUT2D eigenvalue weighted by atomic mass is 10.0. The minimum Gasteiger partial charge on any atom is -0.466 e. The molecule has 0 aromatic heterocycles. The second-order valence-electron chi connectivity index (χ2n) is 7.63. The van der Waals surface area contributed by atoms with E-state index in [9.17, 15) is 9.59 Å². The number of nitrogens with zero attached hydrogens (tertiary/aromatic N) is 1. The number of carbonyl (C=O) groups excluding carboxylic acids is 2. The molecule has 0 aliphatic rings. The Bertz CT molecular complexity index is 371. The van der Waals surface area contributed by atoms with Crippen LogP contribution in [0.2, 0.25) is 0 Å². The quantitative estimate of drug-likeness (QED) is 0.242. The van der Waals surface area contributed by atoms with Gasteiger partial charge in [0.25, 0.3) is 0 Å². The molecule has 5 nitrogen and oxygen atoms in total. The Morgan fingerprint density at radius 2 is 1.37 bits per heavy atom. The molecule has 1 unspecified atom stereocenters. The summed E-state index contributed by atoms with van der Waals surface area (Å²) in [6.07, 6.45) is 12.6. The summed E-state index contributed by atoms with van der Waals surface area (Å²) < 4.78 is 10.7. The summed E-state index contributed by atoms with van der Waals surface area (Å²) in [7, 11) is 4.03. The first-order valence-corrected chi connectivity index (χ1v) is 11.0. The van der Waals surface area contributed by atoms with Crippen LogP contribution in [0.25, 0.3) is 0 Å². The van der Waals surface area contributed by atoms with Crippen LogP contribution < -0.4 is 0 Å². The number of carbonyl (C=O) groups is 2. The number of hydrogen-bond donors (Lipinski definition) is 0. The maximum atomic E-state index is 12.1. The zero-order valence-electron chi connectivity index (χ0n) is 18.3. The molecule has 0 rings (SSSR count). The van der Waals surface area contributed by atoms with Crippen LogP contribution in [-0.2, 0) is 19.1 Å². The van der Waals surface area contributed by atoms with Gasteiger partial charge in [-0.15, -0.1) is 0 Å². The number of rotatable bonds is 18. The monoisotopic (exact) mass is 385 g/mol. The van der Waals surface area contributed by atoms with Crippen LogP contribution in [0.1, 0.15) is 97.3 Å². The van der Waals surface area contributed by atoms with Gasteiger partial charge in [-0.2, -0.15) is 0 Å². The van der Waals surface area contributed by atoms with E-state index in [1.807, 2.05) is 21.0 Å². The molecular formula is C22H43NO4. The topological polar surface area (TPSA) is 55.8 Å². The molecule has 0 saturated heterocycles. The van der Waals surface area contributed by atoms with Gasteiger partial charge < -0.3 is 14.4 Å². The second-order valence-corrected chi connectivity index (χ2v) is 7.63. The van der Waals surface area contributed by atoms with Crippen molar-refractivity contribution in [2.45, 2.75) is 103 Å². The first-order chi connectivity index (χ1) is 13.0. The average molecular weight is 386 g/mol. The summed E-state index contributed by atoms with van der Waals surface area (Å²) in [6.45, 7) is 5.40. The van der Waals surface area contributed by atoms with Crippen molar-refractivity contribution in [2.75, 3.05) is 27.2 Å². The van der Waals surface area contributed by atoms with Crippen LogP contribution in [0.4, 0.5) is 0 Å². The van der Waals surface area contributed by atoms with Crippen LogP contribution in [0.5, 0.6) is 0 Å². The van der Waals surface area contributed by atoms with E-state index in [0.29, 0.717) is 19.4 Å². The van der Waals surface area contributed by atoms with E-state index in [2.05, 4.69) is 11.8 Å². The molecule has 0 N–H and O–H groups in total. The third kappa shape index (κ3) is 18.0. The predicted molar refractivity (Wildman–Crippen MR) is 111 cm³/mol. The molecule has 0 heterocycles.